The van der Waals surface area contributed by atoms with Gasteiger partial charge in [-0.05, 0) is 80.0 Å². The van der Waals surface area contributed by atoms with Crippen molar-refractivity contribution in [2.24, 2.45) is 0 Å². The Morgan fingerprint density at radius 1 is 1.03 bits per heavy atom. The van der Waals surface area contributed by atoms with Crippen molar-refractivity contribution in [2.75, 3.05) is 9.80 Å². The molecule has 1 aliphatic heterocycles. The summed E-state index contributed by atoms with van der Waals surface area (Å²) in [6.07, 6.45) is 1.50. The Hall–Kier alpha value is -3.76. The Bertz CT molecular complexity index is 1230. The SMILES string of the molecule is Cc1cc(N2C(=O)C(C)(C)N(c3ccc(-c4ccc(O)cc4)cc3)C2=S)cnc1C#N. The van der Waals surface area contributed by atoms with Gasteiger partial charge in [0.15, 0.2) is 5.11 Å². The molecular formula is C24H20N4O2S. The molecule has 1 amide bonds. The van der Waals surface area contributed by atoms with E-state index in [1.807, 2.05) is 61.2 Å². The van der Waals surface area contributed by atoms with E-state index in [0.29, 0.717) is 22.1 Å². The highest BCUT2D eigenvalue weighted by Gasteiger charge is 2.50. The van der Waals surface area contributed by atoms with E-state index >= 15 is 0 Å². The fourth-order valence-electron chi connectivity index (χ4n) is 3.71. The summed E-state index contributed by atoms with van der Waals surface area (Å²) in [6, 6.07) is 18.5. The average Bonchev–Trinajstić information content (AvgIpc) is 2.92. The number of carbonyl (C=O) groups is 1. The van der Waals surface area contributed by atoms with Crippen LogP contribution in [-0.4, -0.2) is 26.6 Å². The number of nitrogens with zero attached hydrogens (tertiary/aromatic N) is 4. The number of aromatic hydroxyl groups is 1. The van der Waals surface area contributed by atoms with Crippen LogP contribution in [0, 0.1) is 18.3 Å². The van der Waals surface area contributed by atoms with Crippen LogP contribution in [0.3, 0.4) is 0 Å². The molecule has 1 aliphatic rings. The summed E-state index contributed by atoms with van der Waals surface area (Å²) in [7, 11) is 0. The number of aryl methyl sites for hydroxylation is 1. The average molecular weight is 429 g/mol. The largest absolute Gasteiger partial charge is 0.508 e. The number of aromatic nitrogens is 1. The van der Waals surface area contributed by atoms with Gasteiger partial charge in [0, 0.05) is 5.69 Å². The molecule has 2 aromatic carbocycles. The highest BCUT2D eigenvalue weighted by molar-refractivity contribution is 7.81. The predicted octanol–water partition coefficient (Wildman–Crippen LogP) is 4.55. The highest BCUT2D eigenvalue weighted by Crippen LogP contribution is 2.37. The van der Waals surface area contributed by atoms with E-state index < -0.39 is 5.54 Å². The van der Waals surface area contributed by atoms with Crippen LogP contribution in [-0.2, 0) is 4.79 Å². The number of carbonyl (C=O) groups excluding carboxylic acids is 1. The van der Waals surface area contributed by atoms with Crippen LogP contribution in [0.15, 0.2) is 60.8 Å². The summed E-state index contributed by atoms with van der Waals surface area (Å²) in [4.78, 5) is 20.8. The smallest absolute Gasteiger partial charge is 0.259 e. The number of hydrogen-bond acceptors (Lipinski definition) is 5. The monoisotopic (exact) mass is 428 g/mol. The molecule has 0 aliphatic carbocycles. The van der Waals surface area contributed by atoms with Crippen LogP contribution in [0.25, 0.3) is 11.1 Å². The number of phenolic OH excluding ortho intramolecular Hbond substituents is 1. The zero-order valence-electron chi connectivity index (χ0n) is 17.3. The summed E-state index contributed by atoms with van der Waals surface area (Å²) in [5, 5.41) is 19.0. The number of anilines is 2. The zero-order chi connectivity index (χ0) is 22.3. The maximum absolute atomic E-state index is 13.3. The van der Waals surface area contributed by atoms with Crippen molar-refractivity contribution >= 4 is 34.6 Å². The van der Waals surface area contributed by atoms with E-state index in [1.165, 1.54) is 11.1 Å². The molecule has 154 valence electrons. The topological polar surface area (TPSA) is 80.5 Å². The van der Waals surface area contributed by atoms with Gasteiger partial charge in [-0.1, -0.05) is 24.3 Å². The number of rotatable bonds is 3. The van der Waals surface area contributed by atoms with Gasteiger partial charge in [0.25, 0.3) is 5.91 Å². The standard InChI is InChI=1S/C24H20N4O2S/c1-15-12-19(14-26-21(15)13-25)27-22(30)24(2,3)28(23(27)31)18-8-4-16(5-9-18)17-6-10-20(29)11-7-17/h4-12,14,29H,1-3H3. The lowest BCUT2D eigenvalue weighted by Crippen LogP contribution is -2.44. The number of phenols is 1. The second kappa shape index (κ2) is 7.49. The van der Waals surface area contributed by atoms with Gasteiger partial charge in [-0.25, -0.2) is 4.98 Å². The lowest BCUT2D eigenvalue weighted by molar-refractivity contribution is -0.120. The molecule has 0 radical (unpaired) electrons. The maximum Gasteiger partial charge on any atom is 0.259 e. The van der Waals surface area contributed by atoms with E-state index in [1.54, 1.807) is 25.1 Å². The Kier molecular flexibility index (Phi) is 4.96. The van der Waals surface area contributed by atoms with Crippen molar-refractivity contribution in [2.45, 2.75) is 26.3 Å². The number of amides is 1. The quantitative estimate of drug-likeness (QED) is 0.617. The number of pyridine rings is 1. The second-order valence-corrected chi connectivity index (χ2v) is 8.25. The first-order valence-corrected chi connectivity index (χ1v) is 10.1. The van der Waals surface area contributed by atoms with Crippen molar-refractivity contribution in [3.63, 3.8) is 0 Å². The van der Waals surface area contributed by atoms with Gasteiger partial charge in [-0.2, -0.15) is 5.26 Å². The van der Waals surface area contributed by atoms with Gasteiger partial charge >= 0.3 is 0 Å². The molecule has 0 bridgehead atoms. The molecular weight excluding hydrogens is 408 g/mol. The van der Waals surface area contributed by atoms with Gasteiger partial charge in [-0.3, -0.25) is 9.69 Å². The van der Waals surface area contributed by atoms with Gasteiger partial charge in [0.2, 0.25) is 0 Å². The van der Waals surface area contributed by atoms with E-state index in [4.69, 9.17) is 17.5 Å². The lowest BCUT2D eigenvalue weighted by atomic mass is 10.0. The molecule has 31 heavy (non-hydrogen) atoms. The van der Waals surface area contributed by atoms with Gasteiger partial charge in [0.05, 0.1) is 11.9 Å². The van der Waals surface area contributed by atoms with Crippen LogP contribution < -0.4 is 9.80 Å². The molecule has 1 aromatic heterocycles. The summed E-state index contributed by atoms with van der Waals surface area (Å²) in [5.41, 5.74) is 3.42. The zero-order valence-corrected chi connectivity index (χ0v) is 18.1. The van der Waals surface area contributed by atoms with Crippen LogP contribution in [0.1, 0.15) is 25.1 Å². The van der Waals surface area contributed by atoms with Crippen LogP contribution in [0.5, 0.6) is 5.75 Å². The molecule has 6 nitrogen and oxygen atoms in total. The molecule has 0 unspecified atom stereocenters. The van der Waals surface area contributed by atoms with Crippen LogP contribution in [0.4, 0.5) is 11.4 Å². The van der Waals surface area contributed by atoms with E-state index in [0.717, 1.165) is 16.8 Å². The first kappa shape index (κ1) is 20.5. The number of hydrogen-bond donors (Lipinski definition) is 1. The van der Waals surface area contributed by atoms with E-state index in [9.17, 15) is 9.90 Å². The fraction of sp³-hybridized carbons (Fsp3) is 0.167. The highest BCUT2D eigenvalue weighted by atomic mass is 32.1. The van der Waals surface area contributed by atoms with Crippen molar-refractivity contribution in [3.8, 4) is 22.9 Å². The number of nitriles is 1. The minimum absolute atomic E-state index is 0.161. The normalized spacial score (nSPS) is 15.3. The molecule has 1 N–H and O–H groups in total. The predicted molar refractivity (Wildman–Crippen MR) is 124 cm³/mol. The summed E-state index contributed by atoms with van der Waals surface area (Å²) in [5.74, 6) is 0.0571. The Morgan fingerprint density at radius 2 is 1.61 bits per heavy atom. The van der Waals surface area contributed by atoms with E-state index in [2.05, 4.69) is 4.98 Å². The molecule has 1 fully saturated rings. The Morgan fingerprint density at radius 3 is 2.16 bits per heavy atom. The Balaban J connectivity index is 1.69. The van der Waals surface area contributed by atoms with Gasteiger partial charge in [0.1, 0.15) is 23.1 Å². The fourth-order valence-corrected chi connectivity index (χ4v) is 4.23. The number of benzene rings is 2. The minimum atomic E-state index is -0.890. The third kappa shape index (κ3) is 3.41. The third-order valence-electron chi connectivity index (χ3n) is 5.42. The molecule has 1 saturated heterocycles. The number of thiocarbonyl (C=S) groups is 1. The van der Waals surface area contributed by atoms with E-state index in [-0.39, 0.29) is 11.7 Å². The second-order valence-electron chi connectivity index (χ2n) is 7.88. The molecule has 4 rings (SSSR count). The molecule has 0 spiro atoms. The summed E-state index contributed by atoms with van der Waals surface area (Å²) in [6.45, 7) is 5.45. The molecule has 2 heterocycles. The van der Waals surface area contributed by atoms with Crippen molar-refractivity contribution in [3.05, 3.63) is 72.1 Å². The Labute approximate surface area is 186 Å². The molecule has 0 atom stereocenters. The first-order valence-electron chi connectivity index (χ1n) is 9.69. The molecule has 0 saturated carbocycles. The summed E-state index contributed by atoms with van der Waals surface area (Å²) < 4.78 is 0. The molecule has 7 heteroatoms. The van der Waals surface area contributed by atoms with Crippen LogP contribution >= 0.6 is 12.2 Å². The van der Waals surface area contributed by atoms with Crippen molar-refractivity contribution < 1.29 is 9.90 Å². The minimum Gasteiger partial charge on any atom is -0.508 e. The first-order chi connectivity index (χ1) is 14.7. The summed E-state index contributed by atoms with van der Waals surface area (Å²) >= 11 is 5.71. The maximum atomic E-state index is 13.3. The van der Waals surface area contributed by atoms with Crippen molar-refractivity contribution in [1.29, 1.82) is 5.26 Å². The van der Waals surface area contributed by atoms with Gasteiger partial charge < -0.3 is 10.0 Å². The van der Waals surface area contributed by atoms with Crippen LogP contribution in [0.2, 0.25) is 0 Å². The lowest BCUT2D eigenvalue weighted by Gasteiger charge is -2.29. The van der Waals surface area contributed by atoms with Crippen molar-refractivity contribution in [1.82, 2.24) is 4.98 Å². The third-order valence-corrected chi connectivity index (χ3v) is 5.79. The van der Waals surface area contributed by atoms with Gasteiger partial charge in [-0.15, -0.1) is 0 Å². The molecule has 3 aromatic rings.